The summed E-state index contributed by atoms with van der Waals surface area (Å²) in [4.78, 5) is 1.21. The molecule has 5 heteroatoms. The van der Waals surface area contributed by atoms with E-state index >= 15 is 0 Å². The van der Waals surface area contributed by atoms with Gasteiger partial charge in [0, 0.05) is 30.6 Å². The van der Waals surface area contributed by atoms with Crippen molar-refractivity contribution in [2.75, 3.05) is 27.4 Å². The van der Waals surface area contributed by atoms with Crippen LogP contribution in [0.2, 0.25) is 0 Å². The van der Waals surface area contributed by atoms with E-state index in [0.29, 0.717) is 13.2 Å². The zero-order valence-electron chi connectivity index (χ0n) is 12.4. The van der Waals surface area contributed by atoms with Crippen LogP contribution >= 0.6 is 11.3 Å². The van der Waals surface area contributed by atoms with E-state index in [1.807, 2.05) is 24.3 Å². The quantitative estimate of drug-likeness (QED) is 0.723. The predicted octanol–water partition coefficient (Wildman–Crippen LogP) is 3.07. The summed E-state index contributed by atoms with van der Waals surface area (Å²) in [6, 6.07) is 9.99. The van der Waals surface area contributed by atoms with Gasteiger partial charge in [-0.3, -0.25) is 0 Å². The first kappa shape index (κ1) is 15.8. The lowest BCUT2D eigenvalue weighted by atomic mass is 10.2. The van der Waals surface area contributed by atoms with Gasteiger partial charge in [-0.25, -0.2) is 0 Å². The summed E-state index contributed by atoms with van der Waals surface area (Å²) in [7, 11) is 3.37. The van der Waals surface area contributed by atoms with Crippen LogP contribution in [0.25, 0.3) is 0 Å². The second-order valence-corrected chi connectivity index (χ2v) is 5.54. The maximum absolute atomic E-state index is 5.92. The number of ether oxygens (including phenoxy) is 3. The molecule has 0 atom stereocenters. The summed E-state index contributed by atoms with van der Waals surface area (Å²) in [5.41, 5.74) is 1.09. The average molecular weight is 307 g/mol. The van der Waals surface area contributed by atoms with Crippen LogP contribution in [-0.4, -0.2) is 27.4 Å². The van der Waals surface area contributed by atoms with Gasteiger partial charge >= 0.3 is 0 Å². The third-order valence-electron chi connectivity index (χ3n) is 3.02. The summed E-state index contributed by atoms with van der Waals surface area (Å²) in [5.74, 6) is 1.72. The standard InChI is InChI=1S/C16H21NO3S/c1-18-8-7-17-11-13-10-14(19-2)5-6-16(13)20-12-15-4-3-9-21-15/h3-6,9-10,17H,7-8,11-12H2,1-2H3. The van der Waals surface area contributed by atoms with Crippen LogP contribution in [0.4, 0.5) is 0 Å². The lowest BCUT2D eigenvalue weighted by Gasteiger charge is -2.13. The van der Waals surface area contributed by atoms with E-state index in [-0.39, 0.29) is 0 Å². The van der Waals surface area contributed by atoms with Gasteiger partial charge in [-0.05, 0) is 29.6 Å². The van der Waals surface area contributed by atoms with Crippen molar-refractivity contribution in [3.05, 3.63) is 46.2 Å². The Balaban J connectivity index is 1.99. The zero-order chi connectivity index (χ0) is 14.9. The van der Waals surface area contributed by atoms with Crippen molar-refractivity contribution in [3.8, 4) is 11.5 Å². The fourth-order valence-corrected chi connectivity index (χ4v) is 2.52. The minimum Gasteiger partial charge on any atom is -0.497 e. The Morgan fingerprint density at radius 3 is 2.81 bits per heavy atom. The highest BCUT2D eigenvalue weighted by Crippen LogP contribution is 2.25. The normalized spacial score (nSPS) is 10.6. The number of benzene rings is 1. The number of nitrogens with one attached hydrogen (secondary N) is 1. The zero-order valence-corrected chi connectivity index (χ0v) is 13.2. The Bertz CT molecular complexity index is 528. The second kappa shape index (κ2) is 8.67. The van der Waals surface area contributed by atoms with Crippen LogP contribution < -0.4 is 14.8 Å². The second-order valence-electron chi connectivity index (χ2n) is 4.51. The topological polar surface area (TPSA) is 39.7 Å². The Morgan fingerprint density at radius 2 is 2.10 bits per heavy atom. The third-order valence-corrected chi connectivity index (χ3v) is 3.87. The Labute approximate surface area is 129 Å². The number of thiophene rings is 1. The molecule has 2 rings (SSSR count). The summed E-state index contributed by atoms with van der Waals surface area (Å²) >= 11 is 1.70. The maximum Gasteiger partial charge on any atom is 0.124 e. The molecule has 1 aromatic carbocycles. The van der Waals surface area contributed by atoms with Gasteiger partial charge in [0.15, 0.2) is 0 Å². The third kappa shape index (κ3) is 5.04. The molecule has 21 heavy (non-hydrogen) atoms. The first-order valence-corrected chi connectivity index (χ1v) is 7.73. The van der Waals surface area contributed by atoms with Gasteiger partial charge in [0.05, 0.1) is 13.7 Å². The highest BCUT2D eigenvalue weighted by atomic mass is 32.1. The molecule has 0 saturated carbocycles. The molecule has 4 nitrogen and oxygen atoms in total. The van der Waals surface area contributed by atoms with Crippen molar-refractivity contribution in [3.63, 3.8) is 0 Å². The summed E-state index contributed by atoms with van der Waals surface area (Å²) < 4.78 is 16.2. The van der Waals surface area contributed by atoms with Crippen molar-refractivity contribution in [2.45, 2.75) is 13.2 Å². The van der Waals surface area contributed by atoms with E-state index in [9.17, 15) is 0 Å². The molecule has 0 bridgehead atoms. The molecule has 1 aromatic heterocycles. The molecule has 114 valence electrons. The maximum atomic E-state index is 5.92. The van der Waals surface area contributed by atoms with E-state index in [4.69, 9.17) is 14.2 Å². The van der Waals surface area contributed by atoms with Crippen LogP contribution in [0, 0.1) is 0 Å². The monoisotopic (exact) mass is 307 g/mol. The molecule has 2 aromatic rings. The highest BCUT2D eigenvalue weighted by Gasteiger charge is 2.06. The molecular formula is C16H21NO3S. The van der Waals surface area contributed by atoms with Crippen molar-refractivity contribution in [2.24, 2.45) is 0 Å². The van der Waals surface area contributed by atoms with Crippen LogP contribution in [0.1, 0.15) is 10.4 Å². The summed E-state index contributed by atoms with van der Waals surface area (Å²) in [6.07, 6.45) is 0. The Kier molecular flexibility index (Phi) is 6.53. The molecule has 0 unspecified atom stereocenters. The van der Waals surface area contributed by atoms with E-state index in [1.165, 1.54) is 4.88 Å². The Hall–Kier alpha value is -1.56. The van der Waals surface area contributed by atoms with Crippen LogP contribution in [-0.2, 0) is 17.9 Å². The smallest absolute Gasteiger partial charge is 0.124 e. The largest absolute Gasteiger partial charge is 0.497 e. The molecule has 0 saturated heterocycles. The average Bonchev–Trinajstić information content (AvgIpc) is 3.03. The van der Waals surface area contributed by atoms with E-state index < -0.39 is 0 Å². The van der Waals surface area contributed by atoms with Crippen molar-refractivity contribution < 1.29 is 14.2 Å². The molecule has 1 N–H and O–H groups in total. The SMILES string of the molecule is COCCNCc1cc(OC)ccc1OCc1cccs1. The lowest BCUT2D eigenvalue weighted by molar-refractivity contribution is 0.199. The minimum absolute atomic E-state index is 0.592. The molecule has 1 heterocycles. The van der Waals surface area contributed by atoms with Crippen LogP contribution in [0.15, 0.2) is 35.7 Å². The van der Waals surface area contributed by atoms with E-state index in [2.05, 4.69) is 16.8 Å². The predicted molar refractivity (Wildman–Crippen MR) is 85.2 cm³/mol. The van der Waals surface area contributed by atoms with Gasteiger partial charge < -0.3 is 19.5 Å². The van der Waals surface area contributed by atoms with Gasteiger partial charge in [0.25, 0.3) is 0 Å². The number of hydrogen-bond donors (Lipinski definition) is 1. The molecule has 0 amide bonds. The fraction of sp³-hybridized carbons (Fsp3) is 0.375. The molecular weight excluding hydrogens is 286 g/mol. The summed E-state index contributed by atoms with van der Waals surface area (Å²) in [6.45, 7) is 2.81. The lowest BCUT2D eigenvalue weighted by Crippen LogP contribution is -2.19. The van der Waals surface area contributed by atoms with Gasteiger partial charge in [-0.15, -0.1) is 11.3 Å². The van der Waals surface area contributed by atoms with Gasteiger partial charge in [-0.2, -0.15) is 0 Å². The molecule has 0 spiro atoms. The molecule has 0 aliphatic rings. The van der Waals surface area contributed by atoms with Gasteiger partial charge in [0.2, 0.25) is 0 Å². The Morgan fingerprint density at radius 1 is 1.19 bits per heavy atom. The van der Waals surface area contributed by atoms with Crippen molar-refractivity contribution in [1.82, 2.24) is 5.32 Å². The van der Waals surface area contributed by atoms with Crippen LogP contribution in [0.3, 0.4) is 0 Å². The van der Waals surface area contributed by atoms with Crippen molar-refractivity contribution >= 4 is 11.3 Å². The minimum atomic E-state index is 0.592. The number of methoxy groups -OCH3 is 2. The van der Waals surface area contributed by atoms with Crippen LogP contribution in [0.5, 0.6) is 11.5 Å². The molecule has 0 radical (unpaired) electrons. The first-order valence-electron chi connectivity index (χ1n) is 6.85. The summed E-state index contributed by atoms with van der Waals surface area (Å²) in [5, 5.41) is 5.39. The molecule has 0 fully saturated rings. The number of rotatable bonds is 9. The van der Waals surface area contributed by atoms with Gasteiger partial charge in [-0.1, -0.05) is 6.07 Å². The first-order chi connectivity index (χ1) is 10.3. The van der Waals surface area contributed by atoms with Gasteiger partial charge in [0.1, 0.15) is 18.1 Å². The molecule has 0 aliphatic carbocycles. The fourth-order valence-electron chi connectivity index (χ4n) is 1.90. The van der Waals surface area contributed by atoms with E-state index in [1.54, 1.807) is 25.6 Å². The molecule has 0 aliphatic heterocycles. The number of hydrogen-bond acceptors (Lipinski definition) is 5. The highest BCUT2D eigenvalue weighted by molar-refractivity contribution is 7.09. The van der Waals surface area contributed by atoms with E-state index in [0.717, 1.165) is 30.2 Å². The van der Waals surface area contributed by atoms with Crippen molar-refractivity contribution in [1.29, 1.82) is 0 Å².